The predicted octanol–water partition coefficient (Wildman–Crippen LogP) is 4.35. The van der Waals surface area contributed by atoms with Crippen LogP contribution in [0.2, 0.25) is 0 Å². The Hall–Kier alpha value is -0.860. The highest BCUT2D eigenvalue weighted by molar-refractivity contribution is 7.09. The van der Waals surface area contributed by atoms with Crippen molar-refractivity contribution in [3.8, 4) is 0 Å². The molecule has 1 heterocycles. The fraction of sp³-hybridized carbons (Fsp3) is 0.357. The van der Waals surface area contributed by atoms with E-state index in [0.29, 0.717) is 11.8 Å². The third kappa shape index (κ3) is 2.12. The zero-order chi connectivity index (χ0) is 11.7. The molecule has 0 saturated heterocycles. The molecule has 1 nitrogen and oxygen atoms in total. The molecule has 0 saturated carbocycles. The van der Waals surface area contributed by atoms with Gasteiger partial charge < -0.3 is 0 Å². The molecule has 0 spiro atoms. The third-order valence-corrected chi connectivity index (χ3v) is 4.65. The van der Waals surface area contributed by atoms with E-state index in [1.165, 1.54) is 35.4 Å². The van der Waals surface area contributed by atoms with Gasteiger partial charge in [-0.15, -0.1) is 22.9 Å². The molecule has 1 aromatic heterocycles. The van der Waals surface area contributed by atoms with Crippen LogP contribution in [-0.2, 0) is 12.3 Å². The van der Waals surface area contributed by atoms with Gasteiger partial charge in [0.25, 0.3) is 0 Å². The summed E-state index contributed by atoms with van der Waals surface area (Å²) in [5.41, 5.74) is 3.97. The molecule has 0 bridgehead atoms. The number of fused-ring (bicyclic) bond motifs is 1. The number of hydrogen-bond donors (Lipinski definition) is 0. The van der Waals surface area contributed by atoms with Crippen LogP contribution in [0.4, 0.5) is 0 Å². The number of alkyl halides is 1. The minimum Gasteiger partial charge on any atom is -0.244 e. The lowest BCUT2D eigenvalue weighted by atomic mass is 9.83. The first-order valence-electron chi connectivity index (χ1n) is 5.96. The Labute approximate surface area is 110 Å². The molecule has 17 heavy (non-hydrogen) atoms. The summed E-state index contributed by atoms with van der Waals surface area (Å²) in [4.78, 5) is 4.64. The van der Waals surface area contributed by atoms with Crippen molar-refractivity contribution < 1.29 is 0 Å². The van der Waals surface area contributed by atoms with E-state index in [4.69, 9.17) is 11.6 Å². The maximum atomic E-state index is 5.82. The van der Waals surface area contributed by atoms with Gasteiger partial charge in [0, 0.05) is 11.3 Å². The van der Waals surface area contributed by atoms with Gasteiger partial charge >= 0.3 is 0 Å². The second-order valence-corrected chi connectivity index (χ2v) is 5.61. The van der Waals surface area contributed by atoms with Crippen LogP contribution in [0, 0.1) is 0 Å². The van der Waals surface area contributed by atoms with Gasteiger partial charge in [-0.1, -0.05) is 24.3 Å². The van der Waals surface area contributed by atoms with E-state index < -0.39 is 0 Å². The summed E-state index contributed by atoms with van der Waals surface area (Å²) in [7, 11) is 0. The van der Waals surface area contributed by atoms with Crippen LogP contribution in [0.15, 0.2) is 29.6 Å². The molecular weight excluding hydrogens is 250 g/mol. The van der Waals surface area contributed by atoms with Crippen LogP contribution in [-0.4, -0.2) is 4.98 Å². The van der Waals surface area contributed by atoms with E-state index in [2.05, 4.69) is 34.6 Å². The second kappa shape index (κ2) is 4.79. The molecule has 0 amide bonds. The zero-order valence-corrected chi connectivity index (χ0v) is 11.1. The number of nitrogens with zero attached hydrogens (tertiary/aromatic N) is 1. The van der Waals surface area contributed by atoms with Crippen LogP contribution in [0.5, 0.6) is 0 Å². The Morgan fingerprint density at radius 3 is 3.06 bits per heavy atom. The van der Waals surface area contributed by atoms with Crippen molar-refractivity contribution in [3.05, 3.63) is 51.5 Å². The number of halogens is 1. The number of benzene rings is 1. The van der Waals surface area contributed by atoms with Gasteiger partial charge in [-0.05, 0) is 30.4 Å². The van der Waals surface area contributed by atoms with E-state index in [9.17, 15) is 0 Å². The number of hydrogen-bond acceptors (Lipinski definition) is 2. The summed E-state index contributed by atoms with van der Waals surface area (Å²) in [5, 5.41) is 3.31. The monoisotopic (exact) mass is 263 g/mol. The molecule has 1 aliphatic rings. The Morgan fingerprint density at radius 2 is 2.24 bits per heavy atom. The normalized spacial score (nSPS) is 19.0. The van der Waals surface area contributed by atoms with E-state index in [-0.39, 0.29) is 0 Å². The lowest BCUT2D eigenvalue weighted by molar-refractivity contribution is 0.612. The Balaban J connectivity index is 1.99. The fourth-order valence-corrected chi connectivity index (χ4v) is 3.75. The standard InChI is InChI=1S/C14H14ClNS/c15-8-11-9-17-14(16-11)13-7-3-5-10-4-1-2-6-12(10)13/h1-2,4,6,9,13H,3,5,7-8H2. The number of aryl methyl sites for hydroxylation is 1. The average molecular weight is 264 g/mol. The van der Waals surface area contributed by atoms with Crippen molar-refractivity contribution in [2.45, 2.75) is 31.1 Å². The van der Waals surface area contributed by atoms with Crippen LogP contribution in [0.3, 0.4) is 0 Å². The van der Waals surface area contributed by atoms with E-state index in [1.807, 2.05) is 0 Å². The number of aromatic nitrogens is 1. The lowest BCUT2D eigenvalue weighted by Gasteiger charge is -2.23. The Bertz CT molecular complexity index is 520. The maximum Gasteiger partial charge on any atom is 0.100 e. The Morgan fingerprint density at radius 1 is 1.35 bits per heavy atom. The van der Waals surface area contributed by atoms with Crippen molar-refractivity contribution >= 4 is 22.9 Å². The van der Waals surface area contributed by atoms with E-state index in [1.54, 1.807) is 11.3 Å². The molecule has 1 atom stereocenters. The molecule has 1 aromatic carbocycles. The highest BCUT2D eigenvalue weighted by atomic mass is 35.5. The number of thiazole rings is 1. The molecule has 3 heteroatoms. The molecule has 1 unspecified atom stereocenters. The van der Waals surface area contributed by atoms with Gasteiger partial charge in [0.15, 0.2) is 0 Å². The first-order valence-corrected chi connectivity index (χ1v) is 7.38. The molecule has 88 valence electrons. The molecular formula is C14H14ClNS. The molecule has 0 aliphatic heterocycles. The molecule has 0 radical (unpaired) electrons. The molecule has 3 rings (SSSR count). The summed E-state index contributed by atoms with van der Waals surface area (Å²) in [6, 6.07) is 8.76. The summed E-state index contributed by atoms with van der Waals surface area (Å²) in [6.07, 6.45) is 3.68. The summed E-state index contributed by atoms with van der Waals surface area (Å²) >= 11 is 7.57. The van der Waals surface area contributed by atoms with Crippen molar-refractivity contribution in [3.63, 3.8) is 0 Å². The second-order valence-electron chi connectivity index (χ2n) is 4.45. The van der Waals surface area contributed by atoms with Gasteiger partial charge in [0.1, 0.15) is 5.01 Å². The summed E-state index contributed by atoms with van der Waals surface area (Å²) in [6.45, 7) is 0. The van der Waals surface area contributed by atoms with Crippen LogP contribution < -0.4 is 0 Å². The number of rotatable bonds is 2. The van der Waals surface area contributed by atoms with Crippen molar-refractivity contribution in [2.24, 2.45) is 0 Å². The summed E-state index contributed by atoms with van der Waals surface area (Å²) in [5.74, 6) is 1.01. The molecule has 1 aliphatic carbocycles. The predicted molar refractivity (Wildman–Crippen MR) is 72.9 cm³/mol. The van der Waals surface area contributed by atoms with Crippen LogP contribution in [0.1, 0.15) is 40.6 Å². The van der Waals surface area contributed by atoms with Crippen molar-refractivity contribution in [1.82, 2.24) is 4.98 Å². The maximum absolute atomic E-state index is 5.82. The quantitative estimate of drug-likeness (QED) is 0.734. The first kappa shape index (κ1) is 11.2. The molecule has 2 aromatic rings. The smallest absolute Gasteiger partial charge is 0.100 e. The average Bonchev–Trinajstić information content (AvgIpc) is 2.87. The van der Waals surface area contributed by atoms with Gasteiger partial charge in [0.2, 0.25) is 0 Å². The topological polar surface area (TPSA) is 12.9 Å². The SMILES string of the molecule is ClCc1csc(C2CCCc3ccccc32)n1. The summed E-state index contributed by atoms with van der Waals surface area (Å²) < 4.78 is 0. The zero-order valence-electron chi connectivity index (χ0n) is 9.53. The minimum atomic E-state index is 0.488. The largest absolute Gasteiger partial charge is 0.244 e. The van der Waals surface area contributed by atoms with Gasteiger partial charge in [-0.2, -0.15) is 0 Å². The molecule has 0 fully saturated rings. The fourth-order valence-electron chi connectivity index (χ4n) is 2.55. The first-order chi connectivity index (χ1) is 8.38. The molecule has 0 N–H and O–H groups in total. The Kier molecular flexibility index (Phi) is 3.17. The lowest BCUT2D eigenvalue weighted by Crippen LogP contribution is -2.10. The minimum absolute atomic E-state index is 0.488. The van der Waals surface area contributed by atoms with E-state index >= 15 is 0 Å². The van der Waals surface area contributed by atoms with E-state index in [0.717, 1.165) is 5.69 Å². The van der Waals surface area contributed by atoms with Gasteiger partial charge in [-0.25, -0.2) is 4.98 Å². The van der Waals surface area contributed by atoms with Crippen LogP contribution in [0.25, 0.3) is 0 Å². The highest BCUT2D eigenvalue weighted by Crippen LogP contribution is 2.37. The van der Waals surface area contributed by atoms with Crippen molar-refractivity contribution in [1.29, 1.82) is 0 Å². The highest BCUT2D eigenvalue weighted by Gasteiger charge is 2.23. The van der Waals surface area contributed by atoms with Gasteiger partial charge in [0.05, 0.1) is 11.6 Å². The van der Waals surface area contributed by atoms with Crippen LogP contribution >= 0.6 is 22.9 Å². The third-order valence-electron chi connectivity index (χ3n) is 3.37. The van der Waals surface area contributed by atoms with Crippen molar-refractivity contribution in [2.75, 3.05) is 0 Å². The van der Waals surface area contributed by atoms with Gasteiger partial charge in [-0.3, -0.25) is 0 Å².